The first kappa shape index (κ1) is 15.1. The normalized spacial score (nSPS) is 24.4. The molecule has 106 valence electrons. The van der Waals surface area contributed by atoms with Gasteiger partial charge in [0.2, 0.25) is 0 Å². The fraction of sp³-hybridized carbons (Fsp3) is 0.571. The average molecular weight is 348 g/mol. The first-order valence-corrected chi connectivity index (χ1v) is 7.78. The Morgan fingerprint density at radius 2 is 2.26 bits per heavy atom. The van der Waals surface area contributed by atoms with Crippen LogP contribution in [-0.4, -0.2) is 43.2 Å². The molecule has 0 radical (unpaired) electrons. The van der Waals surface area contributed by atoms with Gasteiger partial charge in [-0.05, 0) is 48.0 Å². The van der Waals surface area contributed by atoms with Crippen LogP contribution in [-0.2, 0) is 0 Å². The van der Waals surface area contributed by atoms with Crippen LogP contribution in [0.4, 0.5) is 0 Å². The van der Waals surface area contributed by atoms with Gasteiger partial charge in [0.1, 0.15) is 12.4 Å². The number of piperazine rings is 1. The highest BCUT2D eigenvalue weighted by Crippen LogP contribution is 2.27. The zero-order chi connectivity index (χ0) is 13.8. The number of benzene rings is 1. The zero-order valence-corrected chi connectivity index (χ0v) is 13.7. The minimum absolute atomic E-state index is 0.554. The van der Waals surface area contributed by atoms with Gasteiger partial charge < -0.3 is 10.1 Å². The minimum Gasteiger partial charge on any atom is -0.491 e. The standard InChI is InChI=1S/C14H20BrClN2O/c1-10-9-18(11(2)8-17-10)5-6-19-14-4-3-12(16)7-13(14)15/h3-4,7,10-11,17H,5-6,8-9H2,1-2H3. The van der Waals surface area contributed by atoms with Crippen LogP contribution >= 0.6 is 27.5 Å². The first-order valence-electron chi connectivity index (χ1n) is 6.61. The van der Waals surface area contributed by atoms with Gasteiger partial charge in [-0.1, -0.05) is 11.6 Å². The van der Waals surface area contributed by atoms with Gasteiger partial charge in [-0.2, -0.15) is 0 Å². The molecule has 1 aliphatic heterocycles. The van der Waals surface area contributed by atoms with Crippen LogP contribution in [0.2, 0.25) is 5.02 Å². The van der Waals surface area contributed by atoms with Gasteiger partial charge in [0.25, 0.3) is 0 Å². The van der Waals surface area contributed by atoms with E-state index in [1.165, 1.54) is 0 Å². The number of nitrogens with one attached hydrogen (secondary N) is 1. The number of nitrogens with zero attached hydrogens (tertiary/aromatic N) is 1. The van der Waals surface area contributed by atoms with Crippen molar-refractivity contribution >= 4 is 27.5 Å². The van der Waals surface area contributed by atoms with Crippen LogP contribution < -0.4 is 10.1 Å². The molecule has 0 saturated carbocycles. The van der Waals surface area contributed by atoms with Crippen LogP contribution in [0.25, 0.3) is 0 Å². The van der Waals surface area contributed by atoms with E-state index in [9.17, 15) is 0 Å². The first-order chi connectivity index (χ1) is 9.06. The fourth-order valence-electron chi connectivity index (χ4n) is 2.27. The number of halogens is 2. The summed E-state index contributed by atoms with van der Waals surface area (Å²) in [6.45, 7) is 8.23. The van der Waals surface area contributed by atoms with Crippen molar-refractivity contribution < 1.29 is 4.74 Å². The van der Waals surface area contributed by atoms with Gasteiger partial charge in [-0.3, -0.25) is 4.90 Å². The maximum Gasteiger partial charge on any atom is 0.133 e. The Morgan fingerprint density at radius 3 is 3.00 bits per heavy atom. The van der Waals surface area contributed by atoms with Crippen molar-refractivity contribution in [3.63, 3.8) is 0 Å². The summed E-state index contributed by atoms with van der Waals surface area (Å²) < 4.78 is 6.71. The molecular formula is C14H20BrClN2O. The van der Waals surface area contributed by atoms with Gasteiger partial charge in [-0.15, -0.1) is 0 Å². The topological polar surface area (TPSA) is 24.5 Å². The third-order valence-corrected chi connectivity index (χ3v) is 4.28. The highest BCUT2D eigenvalue weighted by molar-refractivity contribution is 9.10. The van der Waals surface area contributed by atoms with Gasteiger partial charge in [0.15, 0.2) is 0 Å². The Morgan fingerprint density at radius 1 is 1.47 bits per heavy atom. The molecule has 1 fully saturated rings. The Labute approximate surface area is 128 Å². The van der Waals surface area contributed by atoms with Crippen LogP contribution in [0.3, 0.4) is 0 Å². The van der Waals surface area contributed by atoms with E-state index in [-0.39, 0.29) is 0 Å². The quantitative estimate of drug-likeness (QED) is 0.905. The minimum atomic E-state index is 0.554. The molecule has 1 heterocycles. The molecular weight excluding hydrogens is 328 g/mol. The lowest BCUT2D eigenvalue weighted by Gasteiger charge is -2.37. The monoisotopic (exact) mass is 346 g/mol. The number of ether oxygens (including phenoxy) is 1. The van der Waals surface area contributed by atoms with E-state index in [0.29, 0.717) is 23.7 Å². The molecule has 0 amide bonds. The van der Waals surface area contributed by atoms with Gasteiger partial charge >= 0.3 is 0 Å². The highest BCUT2D eigenvalue weighted by atomic mass is 79.9. The molecule has 0 bridgehead atoms. The summed E-state index contributed by atoms with van der Waals surface area (Å²) in [6.07, 6.45) is 0. The van der Waals surface area contributed by atoms with Crippen molar-refractivity contribution in [2.75, 3.05) is 26.2 Å². The second-order valence-corrected chi connectivity index (χ2v) is 6.37. The summed E-state index contributed by atoms with van der Waals surface area (Å²) in [6, 6.07) is 6.71. The maximum atomic E-state index is 5.91. The Hall–Kier alpha value is -0.290. The van der Waals surface area contributed by atoms with Crippen molar-refractivity contribution in [1.29, 1.82) is 0 Å². The van der Waals surface area contributed by atoms with Crippen molar-refractivity contribution in [3.8, 4) is 5.75 Å². The molecule has 3 nitrogen and oxygen atoms in total. The predicted octanol–water partition coefficient (Wildman–Crippen LogP) is 3.16. The fourth-order valence-corrected chi connectivity index (χ4v) is 3.07. The Bertz CT molecular complexity index is 430. The highest BCUT2D eigenvalue weighted by Gasteiger charge is 2.21. The van der Waals surface area contributed by atoms with E-state index in [4.69, 9.17) is 16.3 Å². The molecule has 2 atom stereocenters. The molecule has 1 aliphatic rings. The largest absolute Gasteiger partial charge is 0.491 e. The van der Waals surface area contributed by atoms with Crippen LogP contribution in [0.15, 0.2) is 22.7 Å². The van der Waals surface area contributed by atoms with E-state index >= 15 is 0 Å². The summed E-state index contributed by atoms with van der Waals surface area (Å²) in [5, 5.41) is 4.19. The summed E-state index contributed by atoms with van der Waals surface area (Å²) in [4.78, 5) is 2.46. The molecule has 0 spiro atoms. The summed E-state index contributed by atoms with van der Waals surface area (Å²) in [5.74, 6) is 0.847. The molecule has 2 unspecified atom stereocenters. The van der Waals surface area contributed by atoms with E-state index < -0.39 is 0 Å². The lowest BCUT2D eigenvalue weighted by molar-refractivity contribution is 0.122. The summed E-state index contributed by atoms with van der Waals surface area (Å²) in [5.41, 5.74) is 0. The van der Waals surface area contributed by atoms with Crippen LogP contribution in [0, 0.1) is 0 Å². The van der Waals surface area contributed by atoms with Crippen molar-refractivity contribution in [2.45, 2.75) is 25.9 Å². The summed E-state index contributed by atoms with van der Waals surface area (Å²) >= 11 is 9.37. The lowest BCUT2D eigenvalue weighted by atomic mass is 10.1. The third-order valence-electron chi connectivity index (χ3n) is 3.42. The zero-order valence-electron chi connectivity index (χ0n) is 11.3. The molecule has 1 saturated heterocycles. The second-order valence-electron chi connectivity index (χ2n) is 5.08. The van der Waals surface area contributed by atoms with Crippen LogP contribution in [0.1, 0.15) is 13.8 Å². The van der Waals surface area contributed by atoms with E-state index in [1.807, 2.05) is 18.2 Å². The number of hydrogen-bond acceptors (Lipinski definition) is 3. The Kier molecular flexibility index (Phi) is 5.51. The van der Waals surface area contributed by atoms with E-state index in [2.05, 4.69) is 40.0 Å². The van der Waals surface area contributed by atoms with Crippen molar-refractivity contribution in [2.24, 2.45) is 0 Å². The lowest BCUT2D eigenvalue weighted by Crippen LogP contribution is -2.55. The van der Waals surface area contributed by atoms with E-state index in [0.717, 1.165) is 29.9 Å². The average Bonchev–Trinajstić information content (AvgIpc) is 2.36. The molecule has 1 N–H and O–H groups in total. The molecule has 1 aromatic rings. The van der Waals surface area contributed by atoms with Crippen molar-refractivity contribution in [1.82, 2.24) is 10.2 Å². The molecule has 1 aromatic carbocycles. The van der Waals surface area contributed by atoms with Gasteiger partial charge in [0.05, 0.1) is 4.47 Å². The predicted molar refractivity (Wildman–Crippen MR) is 83.1 cm³/mol. The molecule has 0 aliphatic carbocycles. The van der Waals surface area contributed by atoms with Gasteiger partial charge in [-0.25, -0.2) is 0 Å². The SMILES string of the molecule is CC1CN(CCOc2ccc(Cl)cc2Br)C(C)CN1. The maximum absolute atomic E-state index is 5.91. The molecule has 19 heavy (non-hydrogen) atoms. The molecule has 5 heteroatoms. The molecule has 2 rings (SSSR count). The smallest absolute Gasteiger partial charge is 0.133 e. The second kappa shape index (κ2) is 6.93. The van der Waals surface area contributed by atoms with Crippen molar-refractivity contribution in [3.05, 3.63) is 27.7 Å². The van der Waals surface area contributed by atoms with Gasteiger partial charge in [0, 0.05) is 36.7 Å². The van der Waals surface area contributed by atoms with Crippen LogP contribution in [0.5, 0.6) is 5.75 Å². The number of hydrogen-bond donors (Lipinski definition) is 1. The third kappa shape index (κ3) is 4.35. The number of rotatable bonds is 4. The molecule has 0 aromatic heterocycles. The Balaban J connectivity index is 1.82. The van der Waals surface area contributed by atoms with E-state index in [1.54, 1.807) is 0 Å². The summed E-state index contributed by atoms with van der Waals surface area (Å²) in [7, 11) is 0.